The zero-order valence-corrected chi connectivity index (χ0v) is 15.3. The molecule has 9 heteroatoms. The smallest absolute Gasteiger partial charge is 0.254 e. The van der Waals surface area contributed by atoms with Gasteiger partial charge in [-0.05, 0) is 25.1 Å². The van der Waals surface area contributed by atoms with Gasteiger partial charge in [0, 0.05) is 12.6 Å². The average molecular weight is 379 g/mol. The number of rotatable bonds is 4. The summed E-state index contributed by atoms with van der Waals surface area (Å²) >= 11 is 0. The molecule has 1 unspecified atom stereocenters. The van der Waals surface area contributed by atoms with Gasteiger partial charge >= 0.3 is 0 Å². The lowest BCUT2D eigenvalue weighted by Gasteiger charge is -2.25. The van der Waals surface area contributed by atoms with Crippen LogP contribution in [0.25, 0.3) is 17.0 Å². The summed E-state index contributed by atoms with van der Waals surface area (Å²) in [4.78, 5) is 27.4. The number of amides is 1. The quantitative estimate of drug-likeness (QED) is 0.696. The van der Waals surface area contributed by atoms with Gasteiger partial charge in [0.25, 0.3) is 5.91 Å². The number of pyridine rings is 1. The number of aromatic nitrogens is 4. The van der Waals surface area contributed by atoms with E-state index in [1.54, 1.807) is 17.3 Å². The first-order valence-electron chi connectivity index (χ1n) is 9.44. The van der Waals surface area contributed by atoms with Crippen LogP contribution < -0.4 is 15.5 Å². The number of ether oxygens (including phenoxy) is 1. The normalized spacial score (nSPS) is 20.1. The van der Waals surface area contributed by atoms with Gasteiger partial charge in [0.05, 0.1) is 43.1 Å². The summed E-state index contributed by atoms with van der Waals surface area (Å²) in [6.07, 6.45) is 6.38. The van der Waals surface area contributed by atoms with Gasteiger partial charge in [-0.1, -0.05) is 6.07 Å². The molecular formula is C19H21N7O2. The second-order valence-electron chi connectivity index (χ2n) is 6.96. The molecular weight excluding hydrogens is 358 g/mol. The number of hydrogen-bond acceptors (Lipinski definition) is 7. The van der Waals surface area contributed by atoms with Gasteiger partial charge in [0.15, 0.2) is 11.5 Å². The van der Waals surface area contributed by atoms with Crippen molar-refractivity contribution in [1.29, 1.82) is 0 Å². The molecule has 3 aromatic rings. The van der Waals surface area contributed by atoms with Gasteiger partial charge < -0.3 is 15.4 Å². The van der Waals surface area contributed by atoms with Crippen LogP contribution in [0.4, 0.5) is 11.6 Å². The molecule has 144 valence electrons. The highest BCUT2D eigenvalue weighted by molar-refractivity contribution is 5.93. The summed E-state index contributed by atoms with van der Waals surface area (Å²) in [7, 11) is 0. The van der Waals surface area contributed by atoms with Crippen molar-refractivity contribution in [2.75, 3.05) is 43.1 Å². The average Bonchev–Trinajstić information content (AvgIpc) is 3.38. The molecule has 0 saturated carbocycles. The fourth-order valence-corrected chi connectivity index (χ4v) is 3.61. The largest absolute Gasteiger partial charge is 0.370 e. The van der Waals surface area contributed by atoms with E-state index in [0.717, 1.165) is 36.7 Å². The topological polar surface area (TPSA) is 96.7 Å². The summed E-state index contributed by atoms with van der Waals surface area (Å²) in [6, 6.07) is 6.32. The van der Waals surface area contributed by atoms with E-state index >= 15 is 0 Å². The van der Waals surface area contributed by atoms with Gasteiger partial charge in [-0.15, -0.1) is 0 Å². The standard InChI is InChI=1S/C19H21N7O2/c27-19-12-28-7-6-25(19)18-11-26-15(9-21-17(26)10-22-18)14-2-1-3-16(24-14)23-13-4-5-20-8-13/h1-3,9-11,13,20H,4-8,12H2,(H,23,24). The molecule has 5 heterocycles. The number of imidazole rings is 1. The third-order valence-electron chi connectivity index (χ3n) is 5.07. The van der Waals surface area contributed by atoms with E-state index in [1.807, 2.05) is 28.8 Å². The number of carbonyl (C=O) groups excluding carboxylic acids is 1. The SMILES string of the molecule is O=C1COCCN1c1cn2c(-c3cccc(NC4CCNC4)n3)cnc2cn1. The van der Waals surface area contributed by atoms with Crippen LogP contribution in [0.15, 0.2) is 36.8 Å². The molecule has 3 aromatic heterocycles. The molecule has 2 aliphatic rings. The Kier molecular flexibility index (Phi) is 4.38. The van der Waals surface area contributed by atoms with Gasteiger partial charge in [0.2, 0.25) is 0 Å². The Bertz CT molecular complexity index is 1010. The van der Waals surface area contributed by atoms with Gasteiger partial charge in [-0.25, -0.2) is 15.0 Å². The zero-order chi connectivity index (χ0) is 18.9. The zero-order valence-electron chi connectivity index (χ0n) is 15.3. The molecule has 5 rings (SSSR count). The van der Waals surface area contributed by atoms with Gasteiger partial charge in [0.1, 0.15) is 12.4 Å². The molecule has 0 spiro atoms. The van der Waals surface area contributed by atoms with Crippen LogP contribution in [0.5, 0.6) is 0 Å². The summed E-state index contributed by atoms with van der Waals surface area (Å²) < 4.78 is 7.13. The second-order valence-corrected chi connectivity index (χ2v) is 6.96. The second kappa shape index (κ2) is 7.17. The van der Waals surface area contributed by atoms with Crippen molar-refractivity contribution < 1.29 is 9.53 Å². The first kappa shape index (κ1) is 17.1. The molecule has 28 heavy (non-hydrogen) atoms. The summed E-state index contributed by atoms with van der Waals surface area (Å²) in [6.45, 7) is 3.06. The Hall–Kier alpha value is -3.04. The highest BCUT2D eigenvalue weighted by atomic mass is 16.5. The predicted octanol–water partition coefficient (Wildman–Crippen LogP) is 0.928. The number of fused-ring (bicyclic) bond motifs is 1. The summed E-state index contributed by atoms with van der Waals surface area (Å²) in [5, 5.41) is 6.83. The first-order valence-corrected chi connectivity index (χ1v) is 9.44. The third-order valence-corrected chi connectivity index (χ3v) is 5.07. The molecule has 2 fully saturated rings. The van der Waals surface area contributed by atoms with Crippen LogP contribution in [0, 0.1) is 0 Å². The Morgan fingerprint density at radius 2 is 2.21 bits per heavy atom. The van der Waals surface area contributed by atoms with Crippen LogP contribution in [0.2, 0.25) is 0 Å². The minimum atomic E-state index is -0.0886. The van der Waals surface area contributed by atoms with Gasteiger partial charge in [-0.3, -0.25) is 14.1 Å². The number of carbonyl (C=O) groups is 1. The Morgan fingerprint density at radius 3 is 3.07 bits per heavy atom. The van der Waals surface area contributed by atoms with Crippen molar-refractivity contribution >= 4 is 23.2 Å². The Labute approximate surface area is 161 Å². The summed E-state index contributed by atoms with van der Waals surface area (Å²) in [5.41, 5.74) is 2.38. The van der Waals surface area contributed by atoms with Crippen LogP contribution in [0.1, 0.15) is 6.42 Å². The fraction of sp³-hybridized carbons (Fsp3) is 0.368. The minimum absolute atomic E-state index is 0.0851. The molecule has 0 aromatic carbocycles. The molecule has 2 saturated heterocycles. The molecule has 1 atom stereocenters. The van der Waals surface area contributed by atoms with E-state index in [-0.39, 0.29) is 12.5 Å². The molecule has 2 aliphatic heterocycles. The number of anilines is 2. The lowest BCUT2D eigenvalue weighted by atomic mass is 10.2. The van der Waals surface area contributed by atoms with Crippen LogP contribution in [-0.2, 0) is 9.53 Å². The molecule has 1 amide bonds. The highest BCUT2D eigenvalue weighted by Gasteiger charge is 2.22. The highest BCUT2D eigenvalue weighted by Crippen LogP contribution is 2.23. The van der Waals surface area contributed by atoms with Crippen molar-refractivity contribution in [3.8, 4) is 11.4 Å². The predicted molar refractivity (Wildman–Crippen MR) is 104 cm³/mol. The van der Waals surface area contributed by atoms with Crippen molar-refractivity contribution in [1.82, 2.24) is 24.7 Å². The van der Waals surface area contributed by atoms with Crippen LogP contribution in [-0.4, -0.2) is 64.1 Å². The van der Waals surface area contributed by atoms with E-state index < -0.39 is 0 Å². The van der Waals surface area contributed by atoms with Crippen LogP contribution in [0.3, 0.4) is 0 Å². The van der Waals surface area contributed by atoms with E-state index in [1.165, 1.54) is 0 Å². The lowest BCUT2D eigenvalue weighted by Crippen LogP contribution is -2.42. The molecule has 9 nitrogen and oxygen atoms in total. The lowest BCUT2D eigenvalue weighted by molar-refractivity contribution is -0.125. The van der Waals surface area contributed by atoms with E-state index in [0.29, 0.717) is 30.7 Å². The van der Waals surface area contributed by atoms with Crippen molar-refractivity contribution in [3.63, 3.8) is 0 Å². The fourth-order valence-electron chi connectivity index (χ4n) is 3.61. The summed E-state index contributed by atoms with van der Waals surface area (Å²) in [5.74, 6) is 1.35. The van der Waals surface area contributed by atoms with Crippen molar-refractivity contribution in [3.05, 3.63) is 36.8 Å². The van der Waals surface area contributed by atoms with E-state index in [9.17, 15) is 4.79 Å². The molecule has 0 radical (unpaired) electrons. The minimum Gasteiger partial charge on any atom is -0.370 e. The molecule has 0 bridgehead atoms. The van der Waals surface area contributed by atoms with Crippen molar-refractivity contribution in [2.45, 2.75) is 12.5 Å². The molecule has 2 N–H and O–H groups in total. The Morgan fingerprint density at radius 1 is 1.25 bits per heavy atom. The van der Waals surface area contributed by atoms with Crippen molar-refractivity contribution in [2.24, 2.45) is 0 Å². The number of hydrogen-bond donors (Lipinski definition) is 2. The number of nitrogens with one attached hydrogen (secondary N) is 2. The van der Waals surface area contributed by atoms with E-state index in [4.69, 9.17) is 9.72 Å². The Balaban J connectivity index is 1.48. The van der Waals surface area contributed by atoms with E-state index in [2.05, 4.69) is 20.6 Å². The number of morpholine rings is 1. The maximum absolute atomic E-state index is 12.1. The molecule has 0 aliphatic carbocycles. The third kappa shape index (κ3) is 3.19. The van der Waals surface area contributed by atoms with Gasteiger partial charge in [-0.2, -0.15) is 0 Å². The monoisotopic (exact) mass is 379 g/mol. The number of nitrogens with zero attached hydrogens (tertiary/aromatic N) is 5. The van der Waals surface area contributed by atoms with Crippen LogP contribution >= 0.6 is 0 Å². The first-order chi connectivity index (χ1) is 13.8. The maximum atomic E-state index is 12.1. The maximum Gasteiger partial charge on any atom is 0.254 e.